The van der Waals surface area contributed by atoms with E-state index in [9.17, 15) is 15.0 Å². The molecule has 0 aliphatic carbocycles. The van der Waals surface area contributed by atoms with Crippen LogP contribution in [0.3, 0.4) is 0 Å². The lowest BCUT2D eigenvalue weighted by atomic mass is 10.1. The Morgan fingerprint density at radius 2 is 1.96 bits per heavy atom. The predicted octanol–water partition coefficient (Wildman–Crippen LogP) is 2.26. The van der Waals surface area contributed by atoms with Crippen LogP contribution in [-0.4, -0.2) is 39.6 Å². The highest BCUT2D eigenvalue weighted by Crippen LogP contribution is 2.22. The average Bonchev–Trinajstić information content (AvgIpc) is 3.14. The minimum atomic E-state index is -0.480. The van der Waals surface area contributed by atoms with Crippen molar-refractivity contribution in [2.75, 3.05) is 7.11 Å². The maximum atomic E-state index is 12.1. The highest BCUT2D eigenvalue weighted by atomic mass is 16.5. The molecule has 0 bridgehead atoms. The number of H-pyrrole nitrogens is 1. The van der Waals surface area contributed by atoms with Gasteiger partial charge in [-0.15, -0.1) is 0 Å². The molecule has 26 heavy (non-hydrogen) atoms. The number of ether oxygens (including phenoxy) is 1. The van der Waals surface area contributed by atoms with Crippen molar-refractivity contribution in [2.45, 2.75) is 0 Å². The van der Waals surface area contributed by atoms with E-state index in [-0.39, 0.29) is 17.2 Å². The van der Waals surface area contributed by atoms with Crippen LogP contribution in [0.25, 0.3) is 11.3 Å². The maximum Gasteiger partial charge on any atom is 0.289 e. The Balaban J connectivity index is 1.66. The van der Waals surface area contributed by atoms with Crippen LogP contribution in [0.2, 0.25) is 0 Å². The number of benzene rings is 2. The average molecular weight is 352 g/mol. The van der Waals surface area contributed by atoms with Gasteiger partial charge in [-0.25, -0.2) is 5.43 Å². The van der Waals surface area contributed by atoms with Crippen molar-refractivity contribution < 1.29 is 19.7 Å². The van der Waals surface area contributed by atoms with Crippen LogP contribution in [-0.2, 0) is 0 Å². The second-order valence-corrected chi connectivity index (χ2v) is 5.34. The van der Waals surface area contributed by atoms with Gasteiger partial charge < -0.3 is 14.9 Å². The number of phenols is 2. The summed E-state index contributed by atoms with van der Waals surface area (Å²) in [5, 5.41) is 29.4. The van der Waals surface area contributed by atoms with Gasteiger partial charge >= 0.3 is 0 Å². The quantitative estimate of drug-likeness (QED) is 0.415. The zero-order valence-corrected chi connectivity index (χ0v) is 13.8. The lowest BCUT2D eigenvalue weighted by Crippen LogP contribution is -2.18. The topological polar surface area (TPSA) is 120 Å². The molecule has 3 aromatic rings. The number of hydrazone groups is 1. The fourth-order valence-corrected chi connectivity index (χ4v) is 2.21. The largest absolute Gasteiger partial charge is 0.508 e. The van der Waals surface area contributed by atoms with Gasteiger partial charge in [0.05, 0.1) is 19.0 Å². The third-order valence-corrected chi connectivity index (χ3v) is 3.59. The molecule has 1 aromatic heterocycles. The summed E-state index contributed by atoms with van der Waals surface area (Å²) in [7, 11) is 1.59. The lowest BCUT2D eigenvalue weighted by molar-refractivity contribution is 0.0950. The van der Waals surface area contributed by atoms with Crippen molar-refractivity contribution in [3.8, 4) is 28.5 Å². The zero-order chi connectivity index (χ0) is 18.5. The van der Waals surface area contributed by atoms with E-state index < -0.39 is 5.91 Å². The molecule has 0 radical (unpaired) electrons. The zero-order valence-electron chi connectivity index (χ0n) is 13.8. The van der Waals surface area contributed by atoms with Gasteiger partial charge in [0.2, 0.25) is 0 Å². The lowest BCUT2D eigenvalue weighted by Gasteiger charge is -2.00. The highest BCUT2D eigenvalue weighted by Gasteiger charge is 2.10. The first-order chi connectivity index (χ1) is 12.6. The summed E-state index contributed by atoms with van der Waals surface area (Å²) in [6.07, 6.45) is 1.27. The molecule has 0 saturated carbocycles. The first kappa shape index (κ1) is 17.0. The van der Waals surface area contributed by atoms with Crippen LogP contribution in [0, 0.1) is 0 Å². The van der Waals surface area contributed by atoms with E-state index in [1.54, 1.807) is 25.3 Å². The molecule has 0 unspecified atom stereocenters. The van der Waals surface area contributed by atoms with Crippen molar-refractivity contribution in [1.82, 2.24) is 15.6 Å². The Labute approximate surface area is 148 Å². The van der Waals surface area contributed by atoms with Gasteiger partial charge in [0.15, 0.2) is 0 Å². The second kappa shape index (κ2) is 7.39. The van der Waals surface area contributed by atoms with Gasteiger partial charge in [0.1, 0.15) is 22.9 Å². The molecule has 2 aromatic carbocycles. The molecule has 0 aliphatic heterocycles. The highest BCUT2D eigenvalue weighted by molar-refractivity contribution is 5.94. The van der Waals surface area contributed by atoms with Gasteiger partial charge in [0.25, 0.3) is 5.91 Å². The number of hydrogen-bond acceptors (Lipinski definition) is 6. The van der Waals surface area contributed by atoms with E-state index in [0.29, 0.717) is 11.3 Å². The minimum absolute atomic E-state index is 0.0628. The number of phenolic OH excluding ortho intramolecular Hbond substituents is 2. The van der Waals surface area contributed by atoms with Crippen molar-refractivity contribution in [1.29, 1.82) is 0 Å². The molecule has 0 fully saturated rings. The molecule has 0 atom stereocenters. The molecular formula is C18H16N4O4. The molecule has 0 saturated heterocycles. The summed E-state index contributed by atoms with van der Waals surface area (Å²) < 4.78 is 5.10. The summed E-state index contributed by atoms with van der Waals surface area (Å²) in [5.74, 6) is 0.0411. The van der Waals surface area contributed by atoms with E-state index in [1.165, 1.54) is 24.4 Å². The van der Waals surface area contributed by atoms with Gasteiger partial charge in [0, 0.05) is 17.2 Å². The SMILES string of the molecule is COc1ccc(-c2cc(C(=O)N/N=C\c3ccc(O)cc3O)[nH]n2)cc1. The van der Waals surface area contributed by atoms with Crippen molar-refractivity contribution in [2.24, 2.45) is 5.10 Å². The second-order valence-electron chi connectivity index (χ2n) is 5.34. The number of rotatable bonds is 5. The molecule has 3 rings (SSSR count). The molecule has 132 valence electrons. The van der Waals surface area contributed by atoms with Crippen molar-refractivity contribution in [3.05, 3.63) is 59.8 Å². The molecule has 0 aliphatic rings. The Hall–Kier alpha value is -3.81. The van der Waals surface area contributed by atoms with Gasteiger partial charge in [-0.2, -0.15) is 10.2 Å². The summed E-state index contributed by atoms with van der Waals surface area (Å²) >= 11 is 0. The van der Waals surface area contributed by atoms with Crippen LogP contribution in [0.1, 0.15) is 16.1 Å². The van der Waals surface area contributed by atoms with Crippen LogP contribution in [0.5, 0.6) is 17.2 Å². The van der Waals surface area contributed by atoms with Crippen LogP contribution in [0.15, 0.2) is 53.6 Å². The molecule has 0 spiro atoms. The van der Waals surface area contributed by atoms with E-state index in [1.807, 2.05) is 12.1 Å². The molecule has 1 heterocycles. The number of aromatic hydroxyl groups is 2. The number of carbonyl (C=O) groups excluding carboxylic acids is 1. The summed E-state index contributed by atoms with van der Waals surface area (Å²) in [6, 6.07) is 12.9. The number of amides is 1. The monoisotopic (exact) mass is 352 g/mol. The smallest absolute Gasteiger partial charge is 0.289 e. The first-order valence-electron chi connectivity index (χ1n) is 7.62. The molecule has 4 N–H and O–H groups in total. The van der Waals surface area contributed by atoms with Crippen molar-refractivity contribution in [3.63, 3.8) is 0 Å². The number of nitrogens with zero attached hydrogens (tertiary/aromatic N) is 2. The molecular weight excluding hydrogens is 336 g/mol. The van der Waals surface area contributed by atoms with Crippen LogP contribution < -0.4 is 10.2 Å². The fourth-order valence-electron chi connectivity index (χ4n) is 2.21. The maximum absolute atomic E-state index is 12.1. The number of methoxy groups -OCH3 is 1. The normalized spacial score (nSPS) is 10.8. The van der Waals surface area contributed by atoms with Crippen LogP contribution in [0.4, 0.5) is 0 Å². The Bertz CT molecular complexity index is 948. The summed E-state index contributed by atoms with van der Waals surface area (Å²) in [6.45, 7) is 0. The fraction of sp³-hybridized carbons (Fsp3) is 0.0556. The minimum Gasteiger partial charge on any atom is -0.508 e. The number of carbonyl (C=O) groups is 1. The standard InChI is InChI=1S/C18H16N4O4/c1-26-14-6-3-11(4-7-14)15-9-16(21-20-15)18(25)22-19-10-12-2-5-13(23)8-17(12)24/h2-10,23-24H,1H3,(H,20,21)(H,22,25)/b19-10-. The number of aromatic amines is 1. The van der Waals surface area contributed by atoms with E-state index in [0.717, 1.165) is 11.3 Å². The van der Waals surface area contributed by atoms with Gasteiger partial charge in [-0.1, -0.05) is 0 Å². The molecule has 8 nitrogen and oxygen atoms in total. The number of hydrogen-bond donors (Lipinski definition) is 4. The summed E-state index contributed by atoms with van der Waals surface area (Å²) in [5.41, 5.74) is 4.37. The molecule has 8 heteroatoms. The number of nitrogens with one attached hydrogen (secondary N) is 2. The summed E-state index contributed by atoms with van der Waals surface area (Å²) in [4.78, 5) is 12.1. The van der Waals surface area contributed by atoms with E-state index in [2.05, 4.69) is 20.7 Å². The predicted molar refractivity (Wildman–Crippen MR) is 95.4 cm³/mol. The van der Waals surface area contributed by atoms with E-state index >= 15 is 0 Å². The third-order valence-electron chi connectivity index (χ3n) is 3.59. The number of aromatic nitrogens is 2. The third kappa shape index (κ3) is 3.81. The van der Waals surface area contributed by atoms with E-state index in [4.69, 9.17) is 4.74 Å². The Morgan fingerprint density at radius 3 is 2.65 bits per heavy atom. The molecule has 1 amide bonds. The van der Waals surface area contributed by atoms with Crippen LogP contribution >= 0.6 is 0 Å². The Kier molecular flexibility index (Phi) is 4.84. The van der Waals surface area contributed by atoms with Gasteiger partial charge in [-0.3, -0.25) is 9.89 Å². The van der Waals surface area contributed by atoms with Gasteiger partial charge in [-0.05, 0) is 42.5 Å². The Morgan fingerprint density at radius 1 is 1.19 bits per heavy atom. The first-order valence-corrected chi connectivity index (χ1v) is 7.62. The van der Waals surface area contributed by atoms with Crippen molar-refractivity contribution >= 4 is 12.1 Å².